The second-order valence-corrected chi connectivity index (χ2v) is 8.32. The first-order valence-electron chi connectivity index (χ1n) is 8.02. The van der Waals surface area contributed by atoms with Crippen LogP contribution in [0.2, 0.25) is 5.02 Å². The molecule has 1 fully saturated rings. The molecule has 3 rings (SSSR count). The molecule has 1 amide bonds. The lowest BCUT2D eigenvalue weighted by atomic mass is 10.1. The summed E-state index contributed by atoms with van der Waals surface area (Å²) in [5, 5.41) is 11.7. The number of carbonyl (C=O) groups excluding carboxylic acids is 1. The van der Waals surface area contributed by atoms with Gasteiger partial charge in [-0.15, -0.1) is 0 Å². The first kappa shape index (κ1) is 18.2. The van der Waals surface area contributed by atoms with Crippen molar-refractivity contribution in [2.24, 2.45) is 0 Å². The minimum Gasteiger partial charge on any atom is -0.322 e. The number of hydrogen-bond donors (Lipinski definition) is 1. The average molecular weight is 390 g/mol. The van der Waals surface area contributed by atoms with E-state index in [2.05, 4.69) is 5.32 Å². The van der Waals surface area contributed by atoms with Crippen molar-refractivity contribution in [1.82, 2.24) is 0 Å². The molecule has 0 bridgehead atoms. The van der Waals surface area contributed by atoms with Crippen molar-refractivity contribution in [3.05, 3.63) is 58.6 Å². The van der Waals surface area contributed by atoms with Crippen molar-refractivity contribution in [3.63, 3.8) is 0 Å². The lowest BCUT2D eigenvalue weighted by Crippen LogP contribution is -2.37. The van der Waals surface area contributed by atoms with E-state index < -0.39 is 15.9 Å². The standard InChI is InChI=1S/C18H16ClN3O3S/c19-17-11-15(22-9-1-2-10-26(22,24)25)7-8-16(17)18(23)21-14-5-3-13(12-20)4-6-14/h3-8,11H,1-2,9-10H2,(H,21,23). The van der Waals surface area contributed by atoms with Gasteiger partial charge in [0.15, 0.2) is 0 Å². The van der Waals surface area contributed by atoms with Crippen LogP contribution in [0, 0.1) is 11.3 Å². The van der Waals surface area contributed by atoms with Crippen molar-refractivity contribution in [2.75, 3.05) is 21.9 Å². The Morgan fingerprint density at radius 3 is 2.50 bits per heavy atom. The van der Waals surface area contributed by atoms with Crippen LogP contribution in [-0.2, 0) is 10.0 Å². The van der Waals surface area contributed by atoms with E-state index in [9.17, 15) is 13.2 Å². The molecule has 1 aliphatic rings. The second-order valence-electron chi connectivity index (χ2n) is 5.90. The molecule has 1 heterocycles. The molecule has 26 heavy (non-hydrogen) atoms. The Morgan fingerprint density at radius 2 is 1.88 bits per heavy atom. The van der Waals surface area contributed by atoms with Gasteiger partial charge in [0.25, 0.3) is 5.91 Å². The van der Waals surface area contributed by atoms with Gasteiger partial charge in [-0.3, -0.25) is 9.10 Å². The van der Waals surface area contributed by atoms with Gasteiger partial charge in [0, 0.05) is 12.2 Å². The fourth-order valence-electron chi connectivity index (χ4n) is 2.75. The Hall–Kier alpha value is -2.56. The summed E-state index contributed by atoms with van der Waals surface area (Å²) in [6.45, 7) is 0.412. The highest BCUT2D eigenvalue weighted by atomic mass is 35.5. The van der Waals surface area contributed by atoms with E-state index in [0.29, 0.717) is 29.9 Å². The maximum absolute atomic E-state index is 12.4. The van der Waals surface area contributed by atoms with E-state index in [4.69, 9.17) is 16.9 Å². The Labute approximate surface area is 157 Å². The zero-order valence-corrected chi connectivity index (χ0v) is 15.3. The summed E-state index contributed by atoms with van der Waals surface area (Å²) in [7, 11) is -3.33. The van der Waals surface area contributed by atoms with Gasteiger partial charge in [-0.2, -0.15) is 5.26 Å². The van der Waals surface area contributed by atoms with Crippen LogP contribution >= 0.6 is 11.6 Å². The summed E-state index contributed by atoms with van der Waals surface area (Å²) in [5.41, 5.74) is 1.74. The van der Waals surface area contributed by atoms with Crippen LogP contribution in [0.25, 0.3) is 0 Å². The number of rotatable bonds is 3. The molecule has 1 saturated heterocycles. The number of nitriles is 1. The van der Waals surface area contributed by atoms with Crippen molar-refractivity contribution >= 4 is 38.9 Å². The Balaban J connectivity index is 1.80. The number of carbonyl (C=O) groups is 1. The minimum absolute atomic E-state index is 0.117. The number of nitrogens with zero attached hydrogens (tertiary/aromatic N) is 2. The van der Waals surface area contributed by atoms with Crippen LogP contribution in [-0.4, -0.2) is 26.6 Å². The molecule has 2 aromatic carbocycles. The monoisotopic (exact) mass is 389 g/mol. The molecule has 0 atom stereocenters. The quantitative estimate of drug-likeness (QED) is 0.871. The van der Waals surface area contributed by atoms with Crippen LogP contribution < -0.4 is 9.62 Å². The lowest BCUT2D eigenvalue weighted by molar-refractivity contribution is 0.102. The van der Waals surface area contributed by atoms with Crippen molar-refractivity contribution in [2.45, 2.75) is 12.8 Å². The molecule has 0 saturated carbocycles. The second kappa shape index (κ2) is 7.36. The van der Waals surface area contributed by atoms with Crippen LogP contribution in [0.1, 0.15) is 28.8 Å². The molecule has 0 aliphatic carbocycles. The van der Waals surface area contributed by atoms with Crippen molar-refractivity contribution in [1.29, 1.82) is 5.26 Å². The third-order valence-electron chi connectivity index (χ3n) is 4.11. The topological polar surface area (TPSA) is 90.3 Å². The molecule has 2 aromatic rings. The van der Waals surface area contributed by atoms with E-state index in [1.807, 2.05) is 6.07 Å². The van der Waals surface area contributed by atoms with Crippen molar-refractivity contribution < 1.29 is 13.2 Å². The van der Waals surface area contributed by atoms with Gasteiger partial charge in [-0.25, -0.2) is 8.42 Å². The van der Waals surface area contributed by atoms with Crippen molar-refractivity contribution in [3.8, 4) is 6.07 Å². The minimum atomic E-state index is -3.33. The number of benzene rings is 2. The van der Waals surface area contributed by atoms with Crippen LogP contribution in [0.15, 0.2) is 42.5 Å². The molecule has 0 radical (unpaired) electrons. The highest BCUT2D eigenvalue weighted by molar-refractivity contribution is 7.92. The summed E-state index contributed by atoms with van der Waals surface area (Å²) in [4.78, 5) is 12.4. The largest absolute Gasteiger partial charge is 0.322 e. The number of nitrogens with one attached hydrogen (secondary N) is 1. The first-order valence-corrected chi connectivity index (χ1v) is 10.0. The molecule has 0 unspecified atom stereocenters. The van der Waals surface area contributed by atoms with Crippen LogP contribution in [0.4, 0.5) is 11.4 Å². The van der Waals surface area contributed by atoms with Gasteiger partial charge in [0.1, 0.15) is 0 Å². The van der Waals surface area contributed by atoms with Gasteiger partial charge < -0.3 is 5.32 Å². The fourth-order valence-corrected chi connectivity index (χ4v) is 4.64. The maximum Gasteiger partial charge on any atom is 0.257 e. The zero-order valence-electron chi connectivity index (χ0n) is 13.8. The molecule has 8 heteroatoms. The van der Waals surface area contributed by atoms with Crippen LogP contribution in [0.5, 0.6) is 0 Å². The molecule has 6 nitrogen and oxygen atoms in total. The molecule has 0 spiro atoms. The summed E-state index contributed by atoms with van der Waals surface area (Å²) < 4.78 is 25.7. The highest BCUT2D eigenvalue weighted by Crippen LogP contribution is 2.28. The number of amides is 1. The SMILES string of the molecule is N#Cc1ccc(NC(=O)c2ccc(N3CCCCS3(=O)=O)cc2Cl)cc1. The molecule has 134 valence electrons. The molecule has 0 aromatic heterocycles. The third kappa shape index (κ3) is 3.82. The number of hydrogen-bond acceptors (Lipinski definition) is 4. The number of halogens is 1. The summed E-state index contributed by atoms with van der Waals surface area (Å²) in [6, 6.07) is 13.0. The number of anilines is 2. The Morgan fingerprint density at radius 1 is 1.15 bits per heavy atom. The predicted octanol–water partition coefficient (Wildman–Crippen LogP) is 3.39. The zero-order chi connectivity index (χ0) is 18.7. The predicted molar refractivity (Wildman–Crippen MR) is 101 cm³/mol. The Bertz CT molecular complexity index is 982. The smallest absolute Gasteiger partial charge is 0.257 e. The molecule has 1 N–H and O–H groups in total. The number of sulfonamides is 1. The van der Waals surface area contributed by atoms with E-state index in [1.165, 1.54) is 16.4 Å². The van der Waals surface area contributed by atoms with Gasteiger partial charge in [0.05, 0.1) is 33.7 Å². The fraction of sp³-hybridized carbons (Fsp3) is 0.222. The van der Waals surface area contributed by atoms with E-state index in [0.717, 1.165) is 6.42 Å². The first-order chi connectivity index (χ1) is 12.4. The third-order valence-corrected chi connectivity index (χ3v) is 6.29. The summed E-state index contributed by atoms with van der Waals surface area (Å²) in [6.07, 6.45) is 1.44. The van der Waals surface area contributed by atoms with E-state index in [-0.39, 0.29) is 16.3 Å². The molecule has 1 aliphatic heterocycles. The highest BCUT2D eigenvalue weighted by Gasteiger charge is 2.26. The molecular formula is C18H16ClN3O3S. The summed E-state index contributed by atoms with van der Waals surface area (Å²) >= 11 is 6.23. The normalized spacial score (nSPS) is 15.9. The maximum atomic E-state index is 12.4. The summed E-state index contributed by atoms with van der Waals surface area (Å²) in [5.74, 6) is -0.293. The van der Waals surface area contributed by atoms with Crippen LogP contribution in [0.3, 0.4) is 0 Å². The van der Waals surface area contributed by atoms with Gasteiger partial charge in [0.2, 0.25) is 10.0 Å². The molecular weight excluding hydrogens is 374 g/mol. The van der Waals surface area contributed by atoms with Gasteiger partial charge >= 0.3 is 0 Å². The van der Waals surface area contributed by atoms with Gasteiger partial charge in [-0.05, 0) is 55.3 Å². The Kier molecular flexibility index (Phi) is 5.16. The average Bonchev–Trinajstić information content (AvgIpc) is 2.61. The van der Waals surface area contributed by atoms with E-state index in [1.54, 1.807) is 30.3 Å². The van der Waals surface area contributed by atoms with Gasteiger partial charge in [-0.1, -0.05) is 11.6 Å². The van der Waals surface area contributed by atoms with E-state index >= 15 is 0 Å². The lowest BCUT2D eigenvalue weighted by Gasteiger charge is -2.28.